The number of benzene rings is 1. The number of esters is 1. The molecular formula is C21H21ClN2O5. The molecule has 7 nitrogen and oxygen atoms in total. The average Bonchev–Trinajstić information content (AvgIpc) is 3.37. The van der Waals surface area contributed by atoms with Crippen molar-refractivity contribution in [3.05, 3.63) is 40.9 Å². The highest BCUT2D eigenvalue weighted by molar-refractivity contribution is 6.31. The normalized spacial score (nSPS) is 27.9. The van der Waals surface area contributed by atoms with E-state index in [1.165, 1.54) is 6.92 Å². The third kappa shape index (κ3) is 3.23. The van der Waals surface area contributed by atoms with Crippen LogP contribution in [0.25, 0.3) is 0 Å². The summed E-state index contributed by atoms with van der Waals surface area (Å²) in [5.41, 5.74) is 1.22. The number of carbonyl (C=O) groups is 4. The summed E-state index contributed by atoms with van der Waals surface area (Å²) in [5.74, 6) is -2.56. The molecule has 3 aliphatic rings. The van der Waals surface area contributed by atoms with Gasteiger partial charge in [-0.15, -0.1) is 0 Å². The molecule has 29 heavy (non-hydrogen) atoms. The van der Waals surface area contributed by atoms with E-state index in [1.807, 2.05) is 12.2 Å². The zero-order valence-electron chi connectivity index (χ0n) is 16.1. The van der Waals surface area contributed by atoms with Gasteiger partial charge in [0.25, 0.3) is 5.91 Å². The summed E-state index contributed by atoms with van der Waals surface area (Å²) in [6, 6.07) is 4.02. The Balaban J connectivity index is 1.35. The molecule has 0 aromatic heterocycles. The van der Waals surface area contributed by atoms with Gasteiger partial charge in [0.05, 0.1) is 11.8 Å². The van der Waals surface area contributed by atoms with Crippen LogP contribution in [0.5, 0.6) is 0 Å². The van der Waals surface area contributed by atoms with Gasteiger partial charge < -0.3 is 10.1 Å². The van der Waals surface area contributed by atoms with Gasteiger partial charge >= 0.3 is 5.97 Å². The molecule has 3 amide bonds. The second kappa shape index (κ2) is 7.30. The largest absolute Gasteiger partial charge is 0.454 e. The highest BCUT2D eigenvalue weighted by Crippen LogP contribution is 2.52. The Hall–Kier alpha value is -2.67. The van der Waals surface area contributed by atoms with Crippen molar-refractivity contribution < 1.29 is 23.9 Å². The molecule has 4 rings (SSSR count). The van der Waals surface area contributed by atoms with E-state index in [0.717, 1.165) is 11.3 Å². The number of hydrogen-bond acceptors (Lipinski definition) is 5. The van der Waals surface area contributed by atoms with Gasteiger partial charge in [-0.3, -0.25) is 19.3 Å². The number of amides is 3. The predicted molar refractivity (Wildman–Crippen MR) is 105 cm³/mol. The predicted octanol–water partition coefficient (Wildman–Crippen LogP) is 2.33. The van der Waals surface area contributed by atoms with Gasteiger partial charge in [0.1, 0.15) is 6.04 Å². The molecule has 8 heteroatoms. The Labute approximate surface area is 173 Å². The van der Waals surface area contributed by atoms with Crippen molar-refractivity contribution in [3.63, 3.8) is 0 Å². The lowest BCUT2D eigenvalue weighted by Crippen LogP contribution is -2.45. The number of ether oxygens (including phenoxy) is 1. The first kappa shape index (κ1) is 19.6. The molecule has 2 bridgehead atoms. The van der Waals surface area contributed by atoms with Gasteiger partial charge in [0.15, 0.2) is 6.61 Å². The van der Waals surface area contributed by atoms with Crippen LogP contribution in [0.2, 0.25) is 5.02 Å². The van der Waals surface area contributed by atoms with Crippen LogP contribution in [-0.4, -0.2) is 41.2 Å². The molecule has 1 N–H and O–H groups in total. The van der Waals surface area contributed by atoms with Crippen LogP contribution < -0.4 is 5.32 Å². The van der Waals surface area contributed by atoms with Crippen LogP contribution >= 0.6 is 11.6 Å². The number of rotatable bonds is 5. The molecule has 0 spiro atoms. The zero-order chi connectivity index (χ0) is 20.9. The van der Waals surface area contributed by atoms with Crippen LogP contribution in [0.1, 0.15) is 18.9 Å². The van der Waals surface area contributed by atoms with E-state index in [9.17, 15) is 19.2 Å². The first-order valence-corrected chi connectivity index (χ1v) is 9.94. The molecule has 1 heterocycles. The Bertz CT molecular complexity index is 913. The highest BCUT2D eigenvalue weighted by Gasteiger charge is 2.60. The maximum absolute atomic E-state index is 12.8. The quantitative estimate of drug-likeness (QED) is 0.451. The number of nitrogens with one attached hydrogen (secondary N) is 1. The second-order valence-corrected chi connectivity index (χ2v) is 8.20. The third-order valence-corrected chi connectivity index (χ3v) is 6.53. The van der Waals surface area contributed by atoms with Crippen molar-refractivity contribution in [1.29, 1.82) is 0 Å². The number of anilines is 1. The van der Waals surface area contributed by atoms with E-state index in [-0.39, 0.29) is 35.5 Å². The molecule has 2 aliphatic carbocycles. The van der Waals surface area contributed by atoms with Gasteiger partial charge in [0, 0.05) is 10.7 Å². The van der Waals surface area contributed by atoms with Crippen molar-refractivity contribution in [3.8, 4) is 0 Å². The highest BCUT2D eigenvalue weighted by atomic mass is 35.5. The Morgan fingerprint density at radius 3 is 2.45 bits per heavy atom. The number of allylic oxidation sites excluding steroid dienone is 2. The van der Waals surface area contributed by atoms with Gasteiger partial charge in [-0.25, -0.2) is 4.79 Å². The van der Waals surface area contributed by atoms with Crippen molar-refractivity contribution in [2.45, 2.75) is 26.3 Å². The van der Waals surface area contributed by atoms with Crippen LogP contribution in [0, 0.1) is 30.6 Å². The van der Waals surface area contributed by atoms with Crippen molar-refractivity contribution in [2.24, 2.45) is 23.7 Å². The molecule has 1 aromatic rings. The molecule has 5 atom stereocenters. The maximum atomic E-state index is 12.8. The molecule has 0 unspecified atom stereocenters. The smallest absolute Gasteiger partial charge is 0.329 e. The first-order valence-electron chi connectivity index (χ1n) is 9.56. The summed E-state index contributed by atoms with van der Waals surface area (Å²) in [6.45, 7) is 2.69. The summed E-state index contributed by atoms with van der Waals surface area (Å²) < 4.78 is 5.06. The lowest BCUT2D eigenvalue weighted by atomic mass is 9.85. The minimum atomic E-state index is -1.07. The Morgan fingerprint density at radius 1 is 1.21 bits per heavy atom. The standard InChI is InChI=1S/C21H21ClN2O5/c1-10-14(22)4-3-5-15(10)23-16(25)9-29-21(28)11(2)24-19(26)17-12-6-7-13(8-12)18(17)20(24)27/h3-7,11-13,17-18H,8-9H2,1-2H3,(H,23,25)/t11-,12-,13-,17-,18+/m0/s1. The number of likely N-dealkylation sites (tertiary alicyclic amines) is 1. The summed E-state index contributed by atoms with van der Waals surface area (Å²) in [6.07, 6.45) is 4.81. The summed E-state index contributed by atoms with van der Waals surface area (Å²) in [5, 5.41) is 3.14. The lowest BCUT2D eigenvalue weighted by Gasteiger charge is -2.23. The van der Waals surface area contributed by atoms with Crippen LogP contribution in [0.15, 0.2) is 30.4 Å². The fourth-order valence-corrected chi connectivity index (χ4v) is 4.77. The SMILES string of the molecule is Cc1c(Cl)cccc1NC(=O)COC(=O)[C@H](C)N1C(=O)[C@@H]2[C@H](C1=O)[C@H]1C=C[C@H]2C1. The van der Waals surface area contributed by atoms with Gasteiger partial charge in [-0.2, -0.15) is 0 Å². The van der Waals surface area contributed by atoms with E-state index in [0.29, 0.717) is 16.3 Å². The number of fused-ring (bicyclic) bond motifs is 5. The number of carbonyl (C=O) groups excluding carboxylic acids is 4. The van der Waals surface area contributed by atoms with Crippen LogP contribution in [-0.2, 0) is 23.9 Å². The van der Waals surface area contributed by atoms with Gasteiger partial charge in [0.2, 0.25) is 11.8 Å². The minimum absolute atomic E-state index is 0.0707. The summed E-state index contributed by atoms with van der Waals surface area (Å²) in [4.78, 5) is 51.1. The van der Waals surface area contributed by atoms with E-state index in [1.54, 1.807) is 25.1 Å². The van der Waals surface area contributed by atoms with E-state index < -0.39 is 24.5 Å². The molecule has 2 fully saturated rings. The van der Waals surface area contributed by atoms with Crippen molar-refractivity contribution >= 4 is 41.0 Å². The Morgan fingerprint density at radius 2 is 1.83 bits per heavy atom. The minimum Gasteiger partial charge on any atom is -0.454 e. The molecule has 1 saturated carbocycles. The van der Waals surface area contributed by atoms with E-state index >= 15 is 0 Å². The van der Waals surface area contributed by atoms with Crippen LogP contribution in [0.4, 0.5) is 5.69 Å². The molecule has 1 saturated heterocycles. The fourth-order valence-electron chi connectivity index (χ4n) is 4.60. The fraction of sp³-hybridized carbons (Fsp3) is 0.429. The number of hydrogen-bond donors (Lipinski definition) is 1. The van der Waals surface area contributed by atoms with Gasteiger partial charge in [-0.05, 0) is 49.8 Å². The van der Waals surface area contributed by atoms with Crippen LogP contribution in [0.3, 0.4) is 0 Å². The Kier molecular flexibility index (Phi) is 4.94. The number of imide groups is 1. The maximum Gasteiger partial charge on any atom is 0.329 e. The number of halogens is 1. The average molecular weight is 417 g/mol. The first-order chi connectivity index (χ1) is 13.8. The molecule has 1 aliphatic heterocycles. The third-order valence-electron chi connectivity index (χ3n) is 6.12. The molecule has 0 radical (unpaired) electrons. The molecule has 152 valence electrons. The summed E-state index contributed by atoms with van der Waals surface area (Å²) in [7, 11) is 0. The van der Waals surface area contributed by atoms with E-state index in [4.69, 9.17) is 16.3 Å². The lowest BCUT2D eigenvalue weighted by molar-refractivity contribution is -0.159. The van der Waals surface area contributed by atoms with E-state index in [2.05, 4.69) is 5.32 Å². The van der Waals surface area contributed by atoms with Crippen molar-refractivity contribution in [1.82, 2.24) is 4.90 Å². The van der Waals surface area contributed by atoms with Crippen molar-refractivity contribution in [2.75, 3.05) is 11.9 Å². The molecule has 1 aromatic carbocycles. The summed E-state index contributed by atoms with van der Waals surface area (Å²) >= 11 is 6.02. The second-order valence-electron chi connectivity index (χ2n) is 7.79. The number of nitrogens with zero attached hydrogens (tertiary/aromatic N) is 1. The zero-order valence-corrected chi connectivity index (χ0v) is 16.8. The van der Waals surface area contributed by atoms with Gasteiger partial charge in [-0.1, -0.05) is 29.8 Å². The monoisotopic (exact) mass is 416 g/mol. The topological polar surface area (TPSA) is 92.8 Å². The molecular weight excluding hydrogens is 396 g/mol.